The van der Waals surface area contributed by atoms with Gasteiger partial charge in [0.25, 0.3) is 0 Å². The Kier molecular flexibility index (Phi) is 5.54. The molecule has 3 heteroatoms. The standard InChI is InChI=1S/C12H24FNO/c1-10(2)11(3)15-8-4-6-14-7-5-12(13)9-14/h10-12H,4-9H2,1-3H3/t11?,12-/m0/s1. The first-order valence-corrected chi connectivity index (χ1v) is 6.07. The molecule has 0 aromatic heterocycles. The van der Waals surface area contributed by atoms with Gasteiger partial charge in [-0.15, -0.1) is 0 Å². The lowest BCUT2D eigenvalue weighted by Gasteiger charge is -2.18. The SMILES string of the molecule is CC(C)C(C)OCCCN1CC[C@H](F)C1. The van der Waals surface area contributed by atoms with Gasteiger partial charge in [0, 0.05) is 26.2 Å². The molecular weight excluding hydrogens is 193 g/mol. The zero-order valence-corrected chi connectivity index (χ0v) is 10.2. The van der Waals surface area contributed by atoms with Gasteiger partial charge in [-0.25, -0.2) is 4.39 Å². The minimum atomic E-state index is -0.597. The van der Waals surface area contributed by atoms with Gasteiger partial charge in [-0.3, -0.25) is 0 Å². The van der Waals surface area contributed by atoms with E-state index in [-0.39, 0.29) is 0 Å². The fourth-order valence-electron chi connectivity index (χ4n) is 1.74. The molecule has 0 N–H and O–H groups in total. The lowest BCUT2D eigenvalue weighted by molar-refractivity contribution is 0.0307. The van der Waals surface area contributed by atoms with E-state index in [1.807, 2.05) is 0 Å². The number of ether oxygens (including phenoxy) is 1. The van der Waals surface area contributed by atoms with Crippen molar-refractivity contribution in [3.8, 4) is 0 Å². The number of rotatable bonds is 6. The minimum Gasteiger partial charge on any atom is -0.378 e. The second-order valence-electron chi connectivity index (χ2n) is 4.86. The summed E-state index contributed by atoms with van der Waals surface area (Å²) in [6.07, 6.45) is 1.46. The summed E-state index contributed by atoms with van der Waals surface area (Å²) in [4.78, 5) is 2.19. The Labute approximate surface area is 92.8 Å². The van der Waals surface area contributed by atoms with Crippen LogP contribution < -0.4 is 0 Å². The normalized spacial score (nSPS) is 25.0. The molecule has 1 aliphatic heterocycles. The van der Waals surface area contributed by atoms with Gasteiger partial charge in [0.2, 0.25) is 0 Å². The predicted molar refractivity (Wildman–Crippen MR) is 60.8 cm³/mol. The van der Waals surface area contributed by atoms with Crippen molar-refractivity contribution in [1.82, 2.24) is 4.90 Å². The number of likely N-dealkylation sites (tertiary alicyclic amines) is 1. The molecular formula is C12H24FNO. The van der Waals surface area contributed by atoms with Crippen LogP contribution in [-0.2, 0) is 4.74 Å². The Morgan fingerprint density at radius 2 is 2.13 bits per heavy atom. The maximum absolute atomic E-state index is 12.8. The van der Waals surface area contributed by atoms with Gasteiger partial charge in [0.05, 0.1) is 6.10 Å². The topological polar surface area (TPSA) is 12.5 Å². The van der Waals surface area contributed by atoms with Crippen LogP contribution in [0.2, 0.25) is 0 Å². The van der Waals surface area contributed by atoms with Gasteiger partial charge in [0.1, 0.15) is 6.17 Å². The molecule has 0 amide bonds. The van der Waals surface area contributed by atoms with Crippen LogP contribution in [0, 0.1) is 5.92 Å². The second kappa shape index (κ2) is 6.44. The molecule has 0 aromatic rings. The smallest absolute Gasteiger partial charge is 0.114 e. The van der Waals surface area contributed by atoms with Crippen LogP contribution in [-0.4, -0.2) is 43.4 Å². The molecule has 1 rings (SSSR count). The Morgan fingerprint density at radius 3 is 2.67 bits per heavy atom. The molecule has 1 heterocycles. The third kappa shape index (κ3) is 4.94. The summed E-state index contributed by atoms with van der Waals surface area (Å²) in [7, 11) is 0. The van der Waals surface area contributed by atoms with Crippen LogP contribution in [0.3, 0.4) is 0 Å². The molecule has 0 bridgehead atoms. The highest BCUT2D eigenvalue weighted by Crippen LogP contribution is 2.12. The third-order valence-corrected chi connectivity index (χ3v) is 3.15. The summed E-state index contributed by atoms with van der Waals surface area (Å²) in [6, 6.07) is 0. The van der Waals surface area contributed by atoms with Crippen molar-refractivity contribution in [2.24, 2.45) is 5.92 Å². The van der Waals surface area contributed by atoms with Gasteiger partial charge < -0.3 is 9.64 Å². The van der Waals surface area contributed by atoms with E-state index >= 15 is 0 Å². The number of hydrogen-bond acceptors (Lipinski definition) is 2. The molecule has 90 valence electrons. The van der Waals surface area contributed by atoms with Crippen LogP contribution in [0.5, 0.6) is 0 Å². The second-order valence-corrected chi connectivity index (χ2v) is 4.86. The summed E-state index contributed by atoms with van der Waals surface area (Å²) in [5.74, 6) is 0.576. The van der Waals surface area contributed by atoms with Crippen LogP contribution >= 0.6 is 0 Å². The molecule has 0 aliphatic carbocycles. The maximum atomic E-state index is 12.8. The van der Waals surface area contributed by atoms with E-state index in [0.29, 0.717) is 25.0 Å². The monoisotopic (exact) mass is 217 g/mol. The fourth-order valence-corrected chi connectivity index (χ4v) is 1.74. The molecule has 0 saturated carbocycles. The molecule has 2 nitrogen and oxygen atoms in total. The van der Waals surface area contributed by atoms with Gasteiger partial charge in [-0.1, -0.05) is 13.8 Å². The molecule has 2 atom stereocenters. The van der Waals surface area contributed by atoms with Gasteiger partial charge in [-0.2, -0.15) is 0 Å². The quantitative estimate of drug-likeness (QED) is 0.634. The van der Waals surface area contributed by atoms with Crippen molar-refractivity contribution < 1.29 is 9.13 Å². The van der Waals surface area contributed by atoms with Crippen LogP contribution in [0.4, 0.5) is 4.39 Å². The Bertz CT molecular complexity index is 175. The summed E-state index contributed by atoms with van der Waals surface area (Å²) < 4.78 is 18.5. The minimum absolute atomic E-state index is 0.331. The largest absolute Gasteiger partial charge is 0.378 e. The highest BCUT2D eigenvalue weighted by atomic mass is 19.1. The van der Waals surface area contributed by atoms with Gasteiger partial charge >= 0.3 is 0 Å². The van der Waals surface area contributed by atoms with Crippen molar-refractivity contribution in [3.63, 3.8) is 0 Å². The number of halogens is 1. The molecule has 0 aromatic carbocycles. The fraction of sp³-hybridized carbons (Fsp3) is 1.00. The van der Waals surface area contributed by atoms with E-state index in [1.54, 1.807) is 0 Å². The van der Waals surface area contributed by atoms with E-state index < -0.39 is 6.17 Å². The molecule has 1 aliphatic rings. The van der Waals surface area contributed by atoms with Crippen molar-refractivity contribution in [1.29, 1.82) is 0 Å². The Morgan fingerprint density at radius 1 is 1.40 bits per heavy atom. The molecule has 0 radical (unpaired) electrons. The highest BCUT2D eigenvalue weighted by molar-refractivity contribution is 4.74. The maximum Gasteiger partial charge on any atom is 0.114 e. The average Bonchev–Trinajstić information content (AvgIpc) is 2.58. The first-order valence-electron chi connectivity index (χ1n) is 6.07. The van der Waals surface area contributed by atoms with Crippen LogP contribution in [0.1, 0.15) is 33.6 Å². The summed E-state index contributed by atoms with van der Waals surface area (Å²) in [5, 5.41) is 0. The van der Waals surface area contributed by atoms with Gasteiger partial charge in [0.15, 0.2) is 0 Å². The predicted octanol–water partition coefficient (Wildman–Crippen LogP) is 2.48. The van der Waals surface area contributed by atoms with E-state index in [1.165, 1.54) is 0 Å². The van der Waals surface area contributed by atoms with E-state index in [2.05, 4.69) is 25.7 Å². The van der Waals surface area contributed by atoms with Crippen molar-refractivity contribution in [2.75, 3.05) is 26.2 Å². The highest BCUT2D eigenvalue weighted by Gasteiger charge is 2.20. The van der Waals surface area contributed by atoms with E-state index in [9.17, 15) is 4.39 Å². The Hall–Kier alpha value is -0.150. The molecule has 1 unspecified atom stereocenters. The lowest BCUT2D eigenvalue weighted by atomic mass is 10.1. The summed E-state index contributed by atoms with van der Waals surface area (Å²) in [6.45, 7) is 9.76. The summed E-state index contributed by atoms with van der Waals surface area (Å²) in [5.41, 5.74) is 0. The van der Waals surface area contributed by atoms with Crippen molar-refractivity contribution in [2.45, 2.75) is 45.9 Å². The lowest BCUT2D eigenvalue weighted by Crippen LogP contribution is -2.24. The van der Waals surface area contributed by atoms with Crippen molar-refractivity contribution >= 4 is 0 Å². The number of nitrogens with zero attached hydrogens (tertiary/aromatic N) is 1. The zero-order chi connectivity index (χ0) is 11.3. The van der Waals surface area contributed by atoms with Crippen molar-refractivity contribution in [3.05, 3.63) is 0 Å². The molecule has 1 saturated heterocycles. The summed E-state index contributed by atoms with van der Waals surface area (Å²) >= 11 is 0. The van der Waals surface area contributed by atoms with Gasteiger partial charge in [-0.05, 0) is 25.7 Å². The Balaban J connectivity index is 1.97. The first-order chi connectivity index (χ1) is 7.09. The van der Waals surface area contributed by atoms with Crippen LogP contribution in [0.15, 0.2) is 0 Å². The average molecular weight is 217 g/mol. The zero-order valence-electron chi connectivity index (χ0n) is 10.2. The van der Waals surface area contributed by atoms with Crippen LogP contribution in [0.25, 0.3) is 0 Å². The molecule has 1 fully saturated rings. The van der Waals surface area contributed by atoms with E-state index in [4.69, 9.17) is 4.74 Å². The molecule has 0 spiro atoms. The third-order valence-electron chi connectivity index (χ3n) is 3.15. The number of alkyl halides is 1. The van der Waals surface area contributed by atoms with E-state index in [0.717, 1.165) is 26.1 Å². The first kappa shape index (κ1) is 12.9. The molecule has 15 heavy (non-hydrogen) atoms. The number of hydrogen-bond donors (Lipinski definition) is 0.